The van der Waals surface area contributed by atoms with Crippen molar-refractivity contribution in [2.24, 2.45) is 5.92 Å². The Morgan fingerprint density at radius 3 is 2.72 bits per heavy atom. The zero-order chi connectivity index (χ0) is 13.1. The van der Waals surface area contributed by atoms with Crippen molar-refractivity contribution in [3.05, 3.63) is 35.1 Å². The van der Waals surface area contributed by atoms with Crippen molar-refractivity contribution < 1.29 is 4.39 Å². The summed E-state index contributed by atoms with van der Waals surface area (Å²) in [5, 5.41) is 3.47. The molecular formula is C15H23FN2. The number of hydrogen-bond donors (Lipinski definition) is 1. The second-order valence-electron chi connectivity index (χ2n) is 5.52. The molecule has 18 heavy (non-hydrogen) atoms. The number of hydrogen-bond acceptors (Lipinski definition) is 2. The number of aryl methyl sites for hydroxylation is 1. The standard InChI is InChI=1S/C15H23FN2/c1-11-9-12(6-7-14(11)16)15(18(2)3)13-5-4-8-17-10-13/h6-7,9,13,15,17H,4-5,8,10H2,1-3H3. The van der Waals surface area contributed by atoms with Crippen molar-refractivity contribution in [1.29, 1.82) is 0 Å². The maximum atomic E-state index is 13.4. The minimum Gasteiger partial charge on any atom is -0.316 e. The number of rotatable bonds is 3. The zero-order valence-electron chi connectivity index (χ0n) is 11.5. The Labute approximate surface area is 109 Å². The molecule has 1 fully saturated rings. The molecule has 0 saturated carbocycles. The molecule has 2 atom stereocenters. The van der Waals surface area contributed by atoms with Crippen LogP contribution in [0.3, 0.4) is 0 Å². The third kappa shape index (κ3) is 2.90. The van der Waals surface area contributed by atoms with Crippen LogP contribution in [0.2, 0.25) is 0 Å². The molecule has 0 bridgehead atoms. The lowest BCUT2D eigenvalue weighted by Gasteiger charge is -2.35. The van der Waals surface area contributed by atoms with Crippen molar-refractivity contribution >= 4 is 0 Å². The molecule has 2 unspecified atom stereocenters. The van der Waals surface area contributed by atoms with Crippen molar-refractivity contribution in [2.45, 2.75) is 25.8 Å². The molecule has 100 valence electrons. The van der Waals surface area contributed by atoms with Gasteiger partial charge in [-0.3, -0.25) is 0 Å². The fraction of sp³-hybridized carbons (Fsp3) is 0.600. The quantitative estimate of drug-likeness (QED) is 0.887. The molecule has 1 saturated heterocycles. The Hall–Kier alpha value is -0.930. The molecule has 3 heteroatoms. The Morgan fingerprint density at radius 1 is 1.39 bits per heavy atom. The third-order valence-corrected chi connectivity index (χ3v) is 3.86. The topological polar surface area (TPSA) is 15.3 Å². The molecule has 0 spiro atoms. The molecule has 1 heterocycles. The summed E-state index contributed by atoms with van der Waals surface area (Å²) in [5.41, 5.74) is 1.97. The Bertz CT molecular complexity index is 397. The normalized spacial score (nSPS) is 22.2. The van der Waals surface area contributed by atoms with Crippen molar-refractivity contribution in [3.63, 3.8) is 0 Å². The van der Waals surface area contributed by atoms with E-state index in [0.29, 0.717) is 12.0 Å². The van der Waals surface area contributed by atoms with E-state index < -0.39 is 0 Å². The summed E-state index contributed by atoms with van der Waals surface area (Å²) in [7, 11) is 4.22. The van der Waals surface area contributed by atoms with Crippen LogP contribution in [0.1, 0.15) is 30.0 Å². The first-order chi connectivity index (χ1) is 8.59. The van der Waals surface area contributed by atoms with Crippen molar-refractivity contribution in [3.8, 4) is 0 Å². The van der Waals surface area contributed by atoms with Crippen LogP contribution in [0.5, 0.6) is 0 Å². The van der Waals surface area contributed by atoms with Gasteiger partial charge in [0.2, 0.25) is 0 Å². The molecule has 0 radical (unpaired) electrons. The number of halogens is 1. The lowest BCUT2D eigenvalue weighted by molar-refractivity contribution is 0.181. The van der Waals surface area contributed by atoms with E-state index in [0.717, 1.165) is 18.7 Å². The highest BCUT2D eigenvalue weighted by Gasteiger charge is 2.26. The smallest absolute Gasteiger partial charge is 0.126 e. The molecule has 1 N–H and O–H groups in total. The van der Waals surface area contributed by atoms with Gasteiger partial charge in [0.1, 0.15) is 5.82 Å². The minimum atomic E-state index is -0.113. The molecule has 0 aliphatic carbocycles. The molecule has 1 aliphatic heterocycles. The maximum Gasteiger partial charge on any atom is 0.126 e. The summed E-state index contributed by atoms with van der Waals surface area (Å²) in [6.07, 6.45) is 2.47. The number of benzene rings is 1. The van der Waals surface area contributed by atoms with Gasteiger partial charge in [0.25, 0.3) is 0 Å². The maximum absolute atomic E-state index is 13.4. The van der Waals surface area contributed by atoms with Crippen LogP contribution in [0.25, 0.3) is 0 Å². The average molecular weight is 250 g/mol. The first-order valence-corrected chi connectivity index (χ1v) is 6.73. The lowest BCUT2D eigenvalue weighted by Crippen LogP contribution is -2.38. The summed E-state index contributed by atoms with van der Waals surface area (Å²) in [6, 6.07) is 5.89. The second-order valence-corrected chi connectivity index (χ2v) is 5.52. The van der Waals surface area contributed by atoms with Gasteiger partial charge in [-0.2, -0.15) is 0 Å². The first-order valence-electron chi connectivity index (χ1n) is 6.73. The SMILES string of the molecule is Cc1cc(C(C2CCCNC2)N(C)C)ccc1F. The van der Waals surface area contributed by atoms with E-state index in [2.05, 4.69) is 24.3 Å². The average Bonchev–Trinajstić information content (AvgIpc) is 2.35. The predicted molar refractivity (Wildman–Crippen MR) is 73.2 cm³/mol. The van der Waals surface area contributed by atoms with Crippen LogP contribution in [-0.4, -0.2) is 32.1 Å². The molecule has 2 nitrogen and oxygen atoms in total. The van der Waals surface area contributed by atoms with Crippen LogP contribution in [0.15, 0.2) is 18.2 Å². The van der Waals surface area contributed by atoms with Crippen LogP contribution in [0, 0.1) is 18.7 Å². The van der Waals surface area contributed by atoms with Gasteiger partial charge in [-0.25, -0.2) is 4.39 Å². The Kier molecular flexibility index (Phi) is 4.36. The molecule has 0 amide bonds. The summed E-state index contributed by atoms with van der Waals surface area (Å²) in [4.78, 5) is 2.25. The molecule has 1 aromatic carbocycles. The van der Waals surface area contributed by atoms with Gasteiger partial charge < -0.3 is 10.2 Å². The molecule has 2 rings (SSSR count). The van der Waals surface area contributed by atoms with E-state index in [-0.39, 0.29) is 5.82 Å². The van der Waals surface area contributed by atoms with Crippen LogP contribution in [0.4, 0.5) is 4.39 Å². The number of nitrogens with zero attached hydrogens (tertiary/aromatic N) is 1. The van der Waals surface area contributed by atoms with E-state index in [1.807, 2.05) is 19.1 Å². The van der Waals surface area contributed by atoms with Gasteiger partial charge >= 0.3 is 0 Å². The Balaban J connectivity index is 2.25. The second kappa shape index (κ2) is 5.81. The molecule has 1 aliphatic rings. The fourth-order valence-corrected chi connectivity index (χ4v) is 2.99. The van der Waals surface area contributed by atoms with Crippen LogP contribution in [-0.2, 0) is 0 Å². The summed E-state index contributed by atoms with van der Waals surface area (Å²) < 4.78 is 13.4. The summed E-state index contributed by atoms with van der Waals surface area (Å²) in [5.74, 6) is 0.497. The van der Waals surface area contributed by atoms with Crippen molar-refractivity contribution in [1.82, 2.24) is 10.2 Å². The molecular weight excluding hydrogens is 227 g/mol. The summed E-state index contributed by atoms with van der Waals surface area (Å²) >= 11 is 0. The molecule has 0 aromatic heterocycles. The minimum absolute atomic E-state index is 0.113. The molecule has 1 aromatic rings. The van der Waals surface area contributed by atoms with E-state index in [1.54, 1.807) is 6.07 Å². The predicted octanol–water partition coefficient (Wildman–Crippen LogP) is 2.74. The highest BCUT2D eigenvalue weighted by molar-refractivity contribution is 5.27. The fourth-order valence-electron chi connectivity index (χ4n) is 2.99. The van der Waals surface area contributed by atoms with E-state index in [9.17, 15) is 4.39 Å². The highest BCUT2D eigenvalue weighted by atomic mass is 19.1. The van der Waals surface area contributed by atoms with Crippen LogP contribution < -0.4 is 5.32 Å². The van der Waals surface area contributed by atoms with Crippen LogP contribution >= 0.6 is 0 Å². The third-order valence-electron chi connectivity index (χ3n) is 3.86. The number of piperidine rings is 1. The van der Waals surface area contributed by atoms with E-state index in [1.165, 1.54) is 18.4 Å². The van der Waals surface area contributed by atoms with Gasteiger partial charge in [-0.05, 0) is 70.1 Å². The summed E-state index contributed by atoms with van der Waals surface area (Å²) in [6.45, 7) is 4.02. The lowest BCUT2D eigenvalue weighted by atomic mass is 9.86. The van der Waals surface area contributed by atoms with Gasteiger partial charge in [0.05, 0.1) is 0 Å². The Morgan fingerprint density at radius 2 is 2.17 bits per heavy atom. The van der Waals surface area contributed by atoms with Gasteiger partial charge in [-0.1, -0.05) is 12.1 Å². The van der Waals surface area contributed by atoms with E-state index in [4.69, 9.17) is 0 Å². The first kappa shape index (κ1) is 13.5. The van der Waals surface area contributed by atoms with Gasteiger partial charge in [-0.15, -0.1) is 0 Å². The zero-order valence-corrected chi connectivity index (χ0v) is 11.5. The monoisotopic (exact) mass is 250 g/mol. The van der Waals surface area contributed by atoms with Gasteiger partial charge in [0, 0.05) is 6.04 Å². The highest BCUT2D eigenvalue weighted by Crippen LogP contribution is 2.31. The number of nitrogens with one attached hydrogen (secondary N) is 1. The van der Waals surface area contributed by atoms with E-state index >= 15 is 0 Å². The van der Waals surface area contributed by atoms with Gasteiger partial charge in [0.15, 0.2) is 0 Å². The van der Waals surface area contributed by atoms with Crippen molar-refractivity contribution in [2.75, 3.05) is 27.2 Å². The largest absolute Gasteiger partial charge is 0.316 e.